The van der Waals surface area contributed by atoms with Crippen molar-refractivity contribution in [1.82, 2.24) is 4.98 Å². The first kappa shape index (κ1) is 21.8. The minimum atomic E-state index is -1.13. The highest BCUT2D eigenvalue weighted by molar-refractivity contribution is 7.99. The minimum Gasteiger partial charge on any atom is -0.466 e. The third-order valence-electron chi connectivity index (χ3n) is 4.24. The van der Waals surface area contributed by atoms with Gasteiger partial charge in [0.15, 0.2) is 13.8 Å². The number of esters is 1. The lowest BCUT2D eigenvalue weighted by Gasteiger charge is -2.33. The van der Waals surface area contributed by atoms with E-state index in [9.17, 15) is 9.36 Å². The summed E-state index contributed by atoms with van der Waals surface area (Å²) in [6, 6.07) is 11.8. The maximum atomic E-state index is 12.5. The molecule has 0 saturated heterocycles. The molecule has 0 aliphatic carbocycles. The van der Waals surface area contributed by atoms with Gasteiger partial charge in [-0.05, 0) is 32.4 Å². The quantitative estimate of drug-likeness (QED) is 0.285. The molecule has 2 unspecified atom stereocenters. The smallest absolute Gasteiger partial charge is 0.312 e. The Kier molecular flexibility index (Phi) is 8.68. The lowest BCUT2D eigenvalue weighted by molar-refractivity contribution is -0.155. The van der Waals surface area contributed by atoms with Crippen molar-refractivity contribution in [3.05, 3.63) is 36.4 Å². The molecule has 0 spiro atoms. The molecule has 0 bridgehead atoms. The number of pyridine rings is 1. The molecule has 7 heteroatoms. The highest BCUT2D eigenvalue weighted by Crippen LogP contribution is 2.41. The lowest BCUT2D eigenvalue weighted by atomic mass is 9.97. The van der Waals surface area contributed by atoms with Gasteiger partial charge in [-0.15, -0.1) is 11.8 Å². The van der Waals surface area contributed by atoms with Crippen LogP contribution in [0.3, 0.4) is 0 Å². The molecule has 1 aromatic heterocycles. The van der Waals surface area contributed by atoms with Crippen molar-refractivity contribution in [2.45, 2.75) is 44.0 Å². The van der Waals surface area contributed by atoms with Crippen LogP contribution in [0.2, 0.25) is 0 Å². The molecule has 0 radical (unpaired) electrons. The molecule has 146 valence electrons. The largest absolute Gasteiger partial charge is 0.466 e. The van der Waals surface area contributed by atoms with Gasteiger partial charge in [-0.25, -0.2) is 4.98 Å². The normalized spacial score (nSPS) is 14.8. The number of rotatable bonds is 11. The topological polar surface area (TPSA) is 65.5 Å². The van der Waals surface area contributed by atoms with E-state index in [1.807, 2.05) is 50.2 Å². The van der Waals surface area contributed by atoms with E-state index in [0.717, 1.165) is 22.3 Å². The molecule has 1 heterocycles. The fourth-order valence-corrected chi connectivity index (χ4v) is 4.89. The molecule has 1 aromatic carbocycles. The van der Waals surface area contributed by atoms with E-state index in [2.05, 4.69) is 4.98 Å². The Morgan fingerprint density at radius 1 is 1.19 bits per heavy atom. The standard InChI is InChI=1S/C20H26NO4PS/c1-4-9-16(19(22)24-5-2)20(26-23,25-6-3)14-27-18-13-12-15-10-7-8-11-17(15)21-18/h7-8,10-13,16H,4-6,9,14H2,1-3H3. The van der Waals surface area contributed by atoms with E-state index in [4.69, 9.17) is 9.47 Å². The van der Waals surface area contributed by atoms with E-state index in [-0.39, 0.29) is 21.0 Å². The third kappa shape index (κ3) is 5.50. The third-order valence-corrected chi connectivity index (χ3v) is 6.46. The summed E-state index contributed by atoms with van der Waals surface area (Å²) in [4.78, 5) is 17.2. The van der Waals surface area contributed by atoms with E-state index >= 15 is 0 Å². The molecule has 0 saturated carbocycles. The number of para-hydroxylation sites is 1. The van der Waals surface area contributed by atoms with Crippen LogP contribution in [0.25, 0.3) is 10.9 Å². The zero-order valence-corrected chi connectivity index (χ0v) is 17.7. The van der Waals surface area contributed by atoms with Gasteiger partial charge in [0.05, 0.1) is 23.1 Å². The molecule has 0 N–H and O–H groups in total. The number of carbonyl (C=O) groups is 1. The first-order chi connectivity index (χ1) is 13.1. The highest BCUT2D eigenvalue weighted by atomic mass is 32.2. The van der Waals surface area contributed by atoms with Crippen LogP contribution in [-0.2, 0) is 18.8 Å². The van der Waals surface area contributed by atoms with Crippen molar-refractivity contribution < 1.29 is 18.8 Å². The predicted octanol–water partition coefficient (Wildman–Crippen LogP) is 5.33. The fraction of sp³-hybridized carbons (Fsp3) is 0.500. The van der Waals surface area contributed by atoms with Gasteiger partial charge >= 0.3 is 5.97 Å². The van der Waals surface area contributed by atoms with Gasteiger partial charge in [-0.1, -0.05) is 37.6 Å². The van der Waals surface area contributed by atoms with Crippen molar-refractivity contribution >= 4 is 37.1 Å². The van der Waals surface area contributed by atoms with Crippen LogP contribution >= 0.6 is 20.2 Å². The molecular formula is C20H26NO4PS. The Labute approximate surface area is 166 Å². The average Bonchev–Trinajstić information content (AvgIpc) is 2.69. The zero-order chi connectivity index (χ0) is 19.7. The van der Waals surface area contributed by atoms with Gasteiger partial charge in [-0.2, -0.15) is 0 Å². The summed E-state index contributed by atoms with van der Waals surface area (Å²) in [6.07, 6.45) is 1.33. The minimum absolute atomic E-state index is 0.215. The van der Waals surface area contributed by atoms with Crippen LogP contribution < -0.4 is 0 Å². The van der Waals surface area contributed by atoms with Crippen LogP contribution in [0.4, 0.5) is 0 Å². The summed E-state index contributed by atoms with van der Waals surface area (Å²) in [5, 5.41) is 0.741. The van der Waals surface area contributed by atoms with Crippen molar-refractivity contribution in [3.63, 3.8) is 0 Å². The van der Waals surface area contributed by atoms with Gasteiger partial charge in [0.1, 0.15) is 0 Å². The summed E-state index contributed by atoms with van der Waals surface area (Å²) in [6.45, 7) is 6.25. The Morgan fingerprint density at radius 2 is 1.96 bits per heavy atom. The van der Waals surface area contributed by atoms with Gasteiger partial charge in [-0.3, -0.25) is 9.36 Å². The Hall–Kier alpha value is -1.49. The number of hydrogen-bond donors (Lipinski definition) is 0. The molecule has 5 nitrogen and oxygen atoms in total. The van der Waals surface area contributed by atoms with Crippen molar-refractivity contribution in [3.8, 4) is 0 Å². The molecule has 27 heavy (non-hydrogen) atoms. The number of benzene rings is 1. The summed E-state index contributed by atoms with van der Waals surface area (Å²) < 4.78 is 23.3. The SMILES string of the molecule is CCCC(C(=O)OCC)C(CSc1ccc2ccccc2n1)(OCC)P=O. The van der Waals surface area contributed by atoms with Gasteiger partial charge < -0.3 is 9.47 Å². The number of aromatic nitrogens is 1. The second kappa shape index (κ2) is 10.7. The summed E-state index contributed by atoms with van der Waals surface area (Å²) >= 11 is 1.45. The van der Waals surface area contributed by atoms with Crippen molar-refractivity contribution in [1.29, 1.82) is 0 Å². The monoisotopic (exact) mass is 407 g/mol. The first-order valence-electron chi connectivity index (χ1n) is 9.23. The predicted molar refractivity (Wildman–Crippen MR) is 109 cm³/mol. The van der Waals surface area contributed by atoms with Crippen molar-refractivity contribution in [2.24, 2.45) is 5.92 Å². The van der Waals surface area contributed by atoms with E-state index in [1.54, 1.807) is 6.92 Å². The van der Waals surface area contributed by atoms with Crippen LogP contribution in [0.5, 0.6) is 0 Å². The van der Waals surface area contributed by atoms with Crippen LogP contribution in [-0.4, -0.2) is 35.3 Å². The summed E-state index contributed by atoms with van der Waals surface area (Å²) in [7, 11) is -0.215. The first-order valence-corrected chi connectivity index (χ1v) is 11.0. The lowest BCUT2D eigenvalue weighted by Crippen LogP contribution is -2.43. The van der Waals surface area contributed by atoms with E-state index < -0.39 is 11.3 Å². The average molecular weight is 407 g/mol. The molecule has 0 aliphatic rings. The highest BCUT2D eigenvalue weighted by Gasteiger charge is 2.46. The Balaban J connectivity index is 2.27. The number of carbonyl (C=O) groups excluding carboxylic acids is 1. The maximum absolute atomic E-state index is 12.5. The molecular weight excluding hydrogens is 381 g/mol. The molecule has 2 aromatic rings. The number of nitrogens with zero attached hydrogens (tertiary/aromatic N) is 1. The Bertz CT molecular complexity index is 772. The number of ether oxygens (including phenoxy) is 2. The van der Waals surface area contributed by atoms with Crippen LogP contribution in [0.15, 0.2) is 41.4 Å². The number of thioether (sulfide) groups is 1. The zero-order valence-electron chi connectivity index (χ0n) is 16.0. The second-order valence-electron chi connectivity index (χ2n) is 6.09. The second-order valence-corrected chi connectivity index (χ2v) is 8.03. The van der Waals surface area contributed by atoms with Gasteiger partial charge in [0.25, 0.3) is 0 Å². The van der Waals surface area contributed by atoms with Crippen molar-refractivity contribution in [2.75, 3.05) is 19.0 Å². The van der Waals surface area contributed by atoms with E-state index in [0.29, 0.717) is 18.8 Å². The molecule has 0 aliphatic heterocycles. The number of fused-ring (bicyclic) bond motifs is 1. The Morgan fingerprint density at radius 3 is 2.63 bits per heavy atom. The van der Waals surface area contributed by atoms with E-state index in [1.165, 1.54) is 11.8 Å². The molecule has 2 atom stereocenters. The fourth-order valence-electron chi connectivity index (χ4n) is 2.97. The summed E-state index contributed by atoms with van der Waals surface area (Å²) in [5.74, 6) is -0.599. The maximum Gasteiger partial charge on any atom is 0.312 e. The summed E-state index contributed by atoms with van der Waals surface area (Å²) in [5.41, 5.74) is 0.902. The molecule has 0 amide bonds. The number of hydrogen-bond acceptors (Lipinski definition) is 6. The van der Waals surface area contributed by atoms with Crippen LogP contribution in [0, 0.1) is 5.92 Å². The molecule has 0 fully saturated rings. The van der Waals surface area contributed by atoms with Gasteiger partial charge in [0.2, 0.25) is 0 Å². The molecule has 2 rings (SSSR count). The van der Waals surface area contributed by atoms with Crippen LogP contribution in [0.1, 0.15) is 33.6 Å². The van der Waals surface area contributed by atoms with Gasteiger partial charge in [0, 0.05) is 17.7 Å².